The zero-order valence-electron chi connectivity index (χ0n) is 18.0. The first-order valence-electron chi connectivity index (χ1n) is 10.0. The highest BCUT2D eigenvalue weighted by atomic mass is 32.2. The highest BCUT2D eigenvalue weighted by Crippen LogP contribution is 2.31. The maximum absolute atomic E-state index is 13.8. The molecule has 0 aliphatic carbocycles. The molecular weight excluding hydrogens is 444 g/mol. The third-order valence-electron chi connectivity index (χ3n) is 4.63. The lowest BCUT2D eigenvalue weighted by Gasteiger charge is -2.19. The Morgan fingerprint density at radius 3 is 2.34 bits per heavy atom. The molecule has 176 valence electrons. The molecule has 8 nitrogen and oxygen atoms in total. The van der Waals surface area contributed by atoms with Gasteiger partial charge in [-0.3, -0.25) is 9.52 Å². The molecule has 0 saturated heterocycles. The van der Waals surface area contributed by atoms with Gasteiger partial charge in [0.25, 0.3) is 0 Å². The van der Waals surface area contributed by atoms with Gasteiger partial charge in [-0.15, -0.1) is 0 Å². The molecule has 0 spiro atoms. The van der Waals surface area contributed by atoms with Gasteiger partial charge in [0.1, 0.15) is 12.0 Å². The minimum absolute atomic E-state index is 0.107. The molecule has 3 N–H and O–H groups in total. The van der Waals surface area contributed by atoms with Crippen LogP contribution in [0.25, 0.3) is 11.3 Å². The fourth-order valence-corrected chi connectivity index (χ4v) is 3.70. The number of carboxylic acids is 1. The fourth-order valence-electron chi connectivity index (χ4n) is 3.28. The van der Waals surface area contributed by atoms with Gasteiger partial charge in [-0.2, -0.15) is 0 Å². The van der Waals surface area contributed by atoms with Crippen molar-refractivity contribution in [1.82, 2.24) is 9.97 Å². The van der Waals surface area contributed by atoms with E-state index in [-0.39, 0.29) is 31.1 Å². The van der Waals surface area contributed by atoms with Crippen LogP contribution in [0.3, 0.4) is 0 Å². The number of aliphatic hydroxyl groups excluding tert-OH is 1. The summed E-state index contributed by atoms with van der Waals surface area (Å²) in [5.41, 5.74) is 2.02. The number of carboxylic acid groups (broad SMARTS) is 1. The number of nitrogens with one attached hydrogen (secondary N) is 1. The van der Waals surface area contributed by atoms with Crippen molar-refractivity contribution < 1.29 is 32.2 Å². The average molecular weight is 472 g/mol. The Hall–Kier alpha value is -2.66. The number of carbonyl (C=O) groups is 1. The summed E-state index contributed by atoms with van der Waals surface area (Å²) in [6.45, 7) is 3.71. The van der Waals surface area contributed by atoms with E-state index in [0.29, 0.717) is 22.5 Å². The molecule has 0 bridgehead atoms. The quantitative estimate of drug-likeness (QED) is 0.459. The Balaban J connectivity index is 2.44. The first-order valence-corrected chi connectivity index (χ1v) is 11.9. The zero-order chi connectivity index (χ0) is 24.1. The number of hydrogen-bond donors (Lipinski definition) is 3. The number of alkyl halides is 1. The van der Waals surface area contributed by atoms with E-state index in [1.54, 1.807) is 0 Å². The normalized spacial score (nSPS) is 13.7. The van der Waals surface area contributed by atoms with E-state index in [0.717, 1.165) is 6.26 Å². The van der Waals surface area contributed by atoms with Crippen molar-refractivity contribution in [2.75, 3.05) is 11.0 Å². The number of aromatic nitrogens is 2. The van der Waals surface area contributed by atoms with Crippen molar-refractivity contribution in [1.29, 1.82) is 0 Å². The van der Waals surface area contributed by atoms with E-state index in [9.17, 15) is 27.1 Å². The van der Waals surface area contributed by atoms with E-state index >= 15 is 0 Å². The lowest BCUT2D eigenvalue weighted by atomic mass is 9.93. The number of benzene rings is 1. The molecule has 11 heteroatoms. The molecule has 2 aromatic rings. The van der Waals surface area contributed by atoms with Crippen LogP contribution >= 0.6 is 0 Å². The van der Waals surface area contributed by atoms with Crippen molar-refractivity contribution in [2.45, 2.75) is 57.7 Å². The lowest BCUT2D eigenvalue weighted by molar-refractivity contribution is -0.138. The molecular formula is C21H27F2N3O5S. The lowest BCUT2D eigenvalue weighted by Crippen LogP contribution is -2.19. The minimum atomic E-state index is -3.65. The van der Waals surface area contributed by atoms with Gasteiger partial charge in [-0.05, 0) is 43.0 Å². The van der Waals surface area contributed by atoms with E-state index < -0.39 is 40.5 Å². The molecule has 32 heavy (non-hydrogen) atoms. The minimum Gasteiger partial charge on any atom is -0.481 e. The predicted octanol–water partition coefficient (Wildman–Crippen LogP) is 3.27. The van der Waals surface area contributed by atoms with E-state index in [4.69, 9.17) is 5.11 Å². The highest BCUT2D eigenvalue weighted by molar-refractivity contribution is 7.91. The first kappa shape index (κ1) is 25.6. The van der Waals surface area contributed by atoms with Gasteiger partial charge in [-0.1, -0.05) is 13.8 Å². The summed E-state index contributed by atoms with van der Waals surface area (Å²) in [5.74, 6) is -2.02. The third-order valence-corrected chi connectivity index (χ3v) is 5.19. The van der Waals surface area contributed by atoms with Crippen molar-refractivity contribution in [3.63, 3.8) is 0 Å². The van der Waals surface area contributed by atoms with Crippen LogP contribution < -0.4 is 4.72 Å². The van der Waals surface area contributed by atoms with Crippen LogP contribution in [0.4, 0.5) is 14.7 Å². The Morgan fingerprint density at radius 2 is 1.81 bits per heavy atom. The number of halogens is 2. The van der Waals surface area contributed by atoms with Gasteiger partial charge in [0.2, 0.25) is 16.0 Å². The Kier molecular flexibility index (Phi) is 8.62. The number of rotatable bonds is 11. The molecule has 2 rings (SSSR count). The van der Waals surface area contributed by atoms with E-state index in [2.05, 4.69) is 14.7 Å². The Morgan fingerprint density at radius 1 is 1.19 bits per heavy atom. The Bertz CT molecular complexity index is 1050. The van der Waals surface area contributed by atoms with Crippen LogP contribution in [0.5, 0.6) is 0 Å². The molecule has 0 aliphatic rings. The van der Waals surface area contributed by atoms with Gasteiger partial charge >= 0.3 is 5.97 Å². The van der Waals surface area contributed by atoms with Crippen LogP contribution in [0.1, 0.15) is 50.3 Å². The number of aliphatic hydroxyl groups is 1. The summed E-state index contributed by atoms with van der Waals surface area (Å²) < 4.78 is 52.9. The second kappa shape index (κ2) is 10.8. The second-order valence-electron chi connectivity index (χ2n) is 7.92. The van der Waals surface area contributed by atoms with Crippen LogP contribution in [0, 0.1) is 5.82 Å². The molecule has 0 radical (unpaired) electrons. The average Bonchev–Trinajstić information content (AvgIpc) is 2.64. The monoisotopic (exact) mass is 471 g/mol. The topological polar surface area (TPSA) is 129 Å². The third kappa shape index (κ3) is 7.79. The number of nitrogens with zero attached hydrogens (tertiary/aromatic N) is 2. The smallest absolute Gasteiger partial charge is 0.306 e. The molecule has 0 aliphatic heterocycles. The largest absolute Gasteiger partial charge is 0.481 e. The summed E-state index contributed by atoms with van der Waals surface area (Å²) in [4.78, 5) is 19.3. The van der Waals surface area contributed by atoms with Crippen LogP contribution in [0.15, 0.2) is 24.3 Å². The van der Waals surface area contributed by atoms with Crippen LogP contribution in [-0.2, 0) is 21.2 Å². The van der Waals surface area contributed by atoms with Crippen LogP contribution in [0.2, 0.25) is 0 Å². The number of sulfonamides is 1. The van der Waals surface area contributed by atoms with Crippen LogP contribution in [-0.4, -0.2) is 53.1 Å². The van der Waals surface area contributed by atoms with E-state index in [1.807, 2.05) is 13.8 Å². The molecule has 1 aromatic carbocycles. The predicted molar refractivity (Wildman–Crippen MR) is 116 cm³/mol. The summed E-state index contributed by atoms with van der Waals surface area (Å²) in [7, 11) is -3.65. The van der Waals surface area contributed by atoms with Crippen molar-refractivity contribution in [3.8, 4) is 11.3 Å². The van der Waals surface area contributed by atoms with Crippen molar-refractivity contribution in [3.05, 3.63) is 41.3 Å². The molecule has 0 amide bonds. The molecule has 2 atom stereocenters. The molecule has 1 heterocycles. The summed E-state index contributed by atoms with van der Waals surface area (Å²) in [5, 5.41) is 18.9. The summed E-state index contributed by atoms with van der Waals surface area (Å²) >= 11 is 0. The summed E-state index contributed by atoms with van der Waals surface area (Å²) in [6, 6.07) is 5.48. The number of anilines is 1. The fraction of sp³-hybridized carbons (Fsp3) is 0.476. The maximum Gasteiger partial charge on any atom is 0.306 e. The van der Waals surface area contributed by atoms with Gasteiger partial charge in [0.15, 0.2) is 0 Å². The van der Waals surface area contributed by atoms with Gasteiger partial charge in [0, 0.05) is 17.5 Å². The van der Waals surface area contributed by atoms with Gasteiger partial charge in [-0.25, -0.2) is 27.2 Å². The molecule has 0 unspecified atom stereocenters. The highest BCUT2D eigenvalue weighted by Gasteiger charge is 2.22. The standard InChI is InChI=1S/C21H27F2N3O5S/c1-12(2)19-17(9-8-16(27)10-15(23)11-18(28)29)20(13-4-6-14(22)7-5-13)25-21(24-19)26-32(3,30)31/h4-7,12,15-16,27H,8-11H2,1-3H3,(H,28,29)(H,24,25,26)/t15-,16-/m0/s1. The molecule has 1 aromatic heterocycles. The van der Waals surface area contributed by atoms with E-state index in [1.165, 1.54) is 24.3 Å². The van der Waals surface area contributed by atoms with Gasteiger partial charge in [0.05, 0.1) is 30.2 Å². The first-order chi connectivity index (χ1) is 14.9. The maximum atomic E-state index is 13.8. The second-order valence-corrected chi connectivity index (χ2v) is 9.67. The van der Waals surface area contributed by atoms with Crippen molar-refractivity contribution >= 4 is 21.9 Å². The number of hydrogen-bond acceptors (Lipinski definition) is 6. The van der Waals surface area contributed by atoms with Gasteiger partial charge < -0.3 is 10.2 Å². The zero-order valence-corrected chi connectivity index (χ0v) is 18.9. The summed E-state index contributed by atoms with van der Waals surface area (Å²) in [6.07, 6.45) is -2.50. The Labute approximate surface area is 185 Å². The SMILES string of the molecule is CC(C)c1nc(NS(C)(=O)=O)nc(-c2ccc(F)cc2)c1CC[C@H](O)C[C@H](F)CC(=O)O. The molecule has 0 fully saturated rings. The molecule has 0 saturated carbocycles. The van der Waals surface area contributed by atoms with Crippen molar-refractivity contribution in [2.24, 2.45) is 0 Å². The number of aliphatic carboxylic acids is 1.